The second kappa shape index (κ2) is 3.94. The second-order valence-electron chi connectivity index (χ2n) is 3.93. The van der Waals surface area contributed by atoms with Gasteiger partial charge in [-0.1, -0.05) is 0 Å². The van der Waals surface area contributed by atoms with Crippen LogP contribution in [-0.2, 0) is 0 Å². The second-order valence-corrected chi connectivity index (χ2v) is 3.93. The van der Waals surface area contributed by atoms with Crippen molar-refractivity contribution >= 4 is 0 Å². The molecule has 1 heterocycles. The number of hydrogen-bond donors (Lipinski definition) is 2. The predicted molar refractivity (Wildman–Crippen MR) is 51.4 cm³/mol. The van der Waals surface area contributed by atoms with Crippen LogP contribution in [-0.4, -0.2) is 17.3 Å². The SMILES string of the molecule is CC(NCC(C)(C)O)c1ccco1. The van der Waals surface area contributed by atoms with Gasteiger partial charge < -0.3 is 14.8 Å². The van der Waals surface area contributed by atoms with Crippen LogP contribution in [0.4, 0.5) is 0 Å². The van der Waals surface area contributed by atoms with Crippen molar-refractivity contribution in [1.82, 2.24) is 5.32 Å². The number of rotatable bonds is 4. The van der Waals surface area contributed by atoms with Crippen molar-refractivity contribution in [2.75, 3.05) is 6.54 Å². The minimum atomic E-state index is -0.680. The van der Waals surface area contributed by atoms with Crippen LogP contribution >= 0.6 is 0 Å². The predicted octanol–water partition coefficient (Wildman–Crippen LogP) is 1.70. The van der Waals surface area contributed by atoms with Gasteiger partial charge in [0.15, 0.2) is 0 Å². The normalized spacial score (nSPS) is 14.5. The molecule has 0 spiro atoms. The average molecular weight is 183 g/mol. The van der Waals surface area contributed by atoms with Gasteiger partial charge in [-0.3, -0.25) is 0 Å². The number of aliphatic hydroxyl groups is 1. The summed E-state index contributed by atoms with van der Waals surface area (Å²) in [6.45, 7) is 6.10. The molecular weight excluding hydrogens is 166 g/mol. The van der Waals surface area contributed by atoms with Crippen molar-refractivity contribution in [3.05, 3.63) is 24.2 Å². The highest BCUT2D eigenvalue weighted by molar-refractivity contribution is 5.03. The molecular formula is C10H17NO2. The van der Waals surface area contributed by atoms with Gasteiger partial charge in [0, 0.05) is 6.54 Å². The van der Waals surface area contributed by atoms with Gasteiger partial charge in [-0.05, 0) is 32.9 Å². The fourth-order valence-corrected chi connectivity index (χ4v) is 1.04. The summed E-state index contributed by atoms with van der Waals surface area (Å²) in [5.74, 6) is 0.893. The summed E-state index contributed by atoms with van der Waals surface area (Å²) in [4.78, 5) is 0. The minimum absolute atomic E-state index is 0.140. The van der Waals surface area contributed by atoms with Crippen LogP contribution in [0.15, 0.2) is 22.8 Å². The van der Waals surface area contributed by atoms with E-state index in [2.05, 4.69) is 5.32 Å². The van der Waals surface area contributed by atoms with E-state index in [9.17, 15) is 5.11 Å². The maximum atomic E-state index is 9.47. The van der Waals surface area contributed by atoms with Crippen LogP contribution in [0.2, 0.25) is 0 Å². The quantitative estimate of drug-likeness (QED) is 0.746. The Morgan fingerprint density at radius 2 is 2.31 bits per heavy atom. The smallest absolute Gasteiger partial charge is 0.120 e. The van der Waals surface area contributed by atoms with E-state index in [4.69, 9.17) is 4.42 Å². The van der Waals surface area contributed by atoms with Crippen molar-refractivity contribution in [2.45, 2.75) is 32.4 Å². The lowest BCUT2D eigenvalue weighted by atomic mass is 10.1. The Morgan fingerprint density at radius 1 is 1.62 bits per heavy atom. The lowest BCUT2D eigenvalue weighted by molar-refractivity contribution is 0.0762. The zero-order chi connectivity index (χ0) is 9.90. The van der Waals surface area contributed by atoms with E-state index in [0.717, 1.165) is 5.76 Å². The molecule has 0 aliphatic rings. The van der Waals surface area contributed by atoms with E-state index in [1.807, 2.05) is 19.1 Å². The molecule has 0 bridgehead atoms. The highest BCUT2D eigenvalue weighted by Crippen LogP contribution is 2.12. The standard InChI is InChI=1S/C10H17NO2/c1-8(9-5-4-6-13-9)11-7-10(2,3)12/h4-6,8,11-12H,7H2,1-3H3. The first-order valence-electron chi connectivity index (χ1n) is 4.48. The van der Waals surface area contributed by atoms with E-state index in [1.54, 1.807) is 20.1 Å². The molecule has 0 radical (unpaired) electrons. The molecule has 1 aromatic rings. The zero-order valence-corrected chi connectivity index (χ0v) is 8.37. The molecule has 0 fully saturated rings. The Hall–Kier alpha value is -0.800. The maximum absolute atomic E-state index is 9.47. The molecule has 1 aromatic heterocycles. The van der Waals surface area contributed by atoms with Crippen LogP contribution in [0.5, 0.6) is 0 Å². The lowest BCUT2D eigenvalue weighted by Gasteiger charge is -2.20. The van der Waals surface area contributed by atoms with Gasteiger partial charge >= 0.3 is 0 Å². The molecule has 13 heavy (non-hydrogen) atoms. The first-order chi connectivity index (χ1) is 5.99. The Balaban J connectivity index is 2.39. The van der Waals surface area contributed by atoms with Crippen molar-refractivity contribution in [3.8, 4) is 0 Å². The van der Waals surface area contributed by atoms with E-state index in [0.29, 0.717) is 6.54 Å². The average Bonchev–Trinajstić information content (AvgIpc) is 2.50. The Kier molecular flexibility index (Phi) is 3.12. The van der Waals surface area contributed by atoms with Gasteiger partial charge in [-0.15, -0.1) is 0 Å². The van der Waals surface area contributed by atoms with Gasteiger partial charge in [0.05, 0.1) is 17.9 Å². The van der Waals surface area contributed by atoms with Gasteiger partial charge in [-0.25, -0.2) is 0 Å². The molecule has 1 rings (SSSR count). The van der Waals surface area contributed by atoms with Crippen LogP contribution in [0, 0.1) is 0 Å². The first-order valence-corrected chi connectivity index (χ1v) is 4.48. The largest absolute Gasteiger partial charge is 0.468 e. The van der Waals surface area contributed by atoms with E-state index in [-0.39, 0.29) is 6.04 Å². The van der Waals surface area contributed by atoms with Gasteiger partial charge in [-0.2, -0.15) is 0 Å². The van der Waals surface area contributed by atoms with Crippen molar-refractivity contribution in [1.29, 1.82) is 0 Å². The third kappa shape index (κ3) is 3.61. The summed E-state index contributed by atoms with van der Waals surface area (Å²) < 4.78 is 5.22. The molecule has 3 nitrogen and oxygen atoms in total. The van der Waals surface area contributed by atoms with Crippen molar-refractivity contribution in [3.63, 3.8) is 0 Å². The molecule has 2 N–H and O–H groups in total. The van der Waals surface area contributed by atoms with Crippen LogP contribution in [0.1, 0.15) is 32.6 Å². The molecule has 0 aromatic carbocycles. The molecule has 0 amide bonds. The van der Waals surface area contributed by atoms with Gasteiger partial charge in [0.2, 0.25) is 0 Å². The maximum Gasteiger partial charge on any atom is 0.120 e. The summed E-state index contributed by atoms with van der Waals surface area (Å²) in [6, 6.07) is 3.92. The Morgan fingerprint density at radius 3 is 2.77 bits per heavy atom. The van der Waals surface area contributed by atoms with Crippen molar-refractivity contribution in [2.24, 2.45) is 0 Å². The third-order valence-electron chi connectivity index (χ3n) is 1.81. The summed E-state index contributed by atoms with van der Waals surface area (Å²) in [6.07, 6.45) is 1.65. The molecule has 3 heteroatoms. The fourth-order valence-electron chi connectivity index (χ4n) is 1.04. The Bertz CT molecular complexity index is 236. The summed E-state index contributed by atoms with van der Waals surface area (Å²) in [7, 11) is 0. The lowest BCUT2D eigenvalue weighted by Crippen LogP contribution is -2.35. The zero-order valence-electron chi connectivity index (χ0n) is 8.37. The van der Waals surface area contributed by atoms with Crippen LogP contribution < -0.4 is 5.32 Å². The molecule has 0 aliphatic heterocycles. The van der Waals surface area contributed by atoms with Gasteiger partial charge in [0.25, 0.3) is 0 Å². The highest BCUT2D eigenvalue weighted by atomic mass is 16.3. The van der Waals surface area contributed by atoms with E-state index < -0.39 is 5.60 Å². The summed E-state index contributed by atoms with van der Waals surface area (Å²) in [5.41, 5.74) is -0.680. The molecule has 0 saturated heterocycles. The van der Waals surface area contributed by atoms with Crippen molar-refractivity contribution < 1.29 is 9.52 Å². The first kappa shape index (κ1) is 10.3. The Labute approximate surface area is 78.8 Å². The van der Waals surface area contributed by atoms with Crippen LogP contribution in [0.3, 0.4) is 0 Å². The summed E-state index contributed by atoms with van der Waals surface area (Å²) in [5, 5.41) is 12.7. The van der Waals surface area contributed by atoms with Gasteiger partial charge in [0.1, 0.15) is 5.76 Å². The number of hydrogen-bond acceptors (Lipinski definition) is 3. The third-order valence-corrected chi connectivity index (χ3v) is 1.81. The highest BCUT2D eigenvalue weighted by Gasteiger charge is 2.15. The summed E-state index contributed by atoms with van der Waals surface area (Å²) >= 11 is 0. The molecule has 0 saturated carbocycles. The monoisotopic (exact) mass is 183 g/mol. The topological polar surface area (TPSA) is 45.4 Å². The van der Waals surface area contributed by atoms with Crippen LogP contribution in [0.25, 0.3) is 0 Å². The fraction of sp³-hybridized carbons (Fsp3) is 0.600. The number of furan rings is 1. The van der Waals surface area contributed by atoms with E-state index in [1.165, 1.54) is 0 Å². The van der Waals surface area contributed by atoms with E-state index >= 15 is 0 Å². The molecule has 74 valence electrons. The minimum Gasteiger partial charge on any atom is -0.468 e. The molecule has 0 aliphatic carbocycles. The molecule has 1 atom stereocenters. The molecule has 1 unspecified atom stereocenters. The number of nitrogens with one attached hydrogen (secondary N) is 1.